The molecule has 3 rings (SSSR count). The lowest BCUT2D eigenvalue weighted by molar-refractivity contribution is 0.0982. The first-order chi connectivity index (χ1) is 9.68. The van der Waals surface area contributed by atoms with Crippen LogP contribution in [0.15, 0.2) is 42.5 Å². The van der Waals surface area contributed by atoms with Crippen molar-refractivity contribution in [2.24, 2.45) is 0 Å². The molecule has 1 amide bonds. The van der Waals surface area contributed by atoms with Gasteiger partial charge < -0.3 is 10.0 Å². The summed E-state index contributed by atoms with van der Waals surface area (Å²) in [6, 6.07) is 13.3. The van der Waals surface area contributed by atoms with E-state index >= 15 is 0 Å². The van der Waals surface area contributed by atoms with Crippen LogP contribution in [0.4, 0.5) is 5.69 Å². The summed E-state index contributed by atoms with van der Waals surface area (Å²) in [5, 5.41) is 10.1. The smallest absolute Gasteiger partial charge is 0.262 e. The van der Waals surface area contributed by atoms with Crippen molar-refractivity contribution in [3.8, 4) is 5.75 Å². The zero-order chi connectivity index (χ0) is 14.1. The Kier molecular flexibility index (Phi) is 3.18. The van der Waals surface area contributed by atoms with Crippen LogP contribution in [0.3, 0.4) is 0 Å². The molecule has 1 aliphatic heterocycles. The lowest BCUT2D eigenvalue weighted by Gasteiger charge is -2.29. The molecule has 0 bridgehead atoms. The maximum absolute atomic E-state index is 12.7. The molecule has 102 valence electrons. The number of aromatic hydroxyl groups is 1. The van der Waals surface area contributed by atoms with E-state index in [0.29, 0.717) is 12.1 Å². The van der Waals surface area contributed by atoms with Crippen molar-refractivity contribution in [2.45, 2.75) is 19.8 Å². The standard InChI is InChI=1S/C17H17NO2/c1-12-6-4-9-14(16(12)19)17(20)18-11-5-8-13-7-2-3-10-15(13)18/h2-4,6-7,9-10,19H,5,8,11H2,1H3. The minimum Gasteiger partial charge on any atom is -0.507 e. The lowest BCUT2D eigenvalue weighted by atomic mass is 10.00. The van der Waals surface area contributed by atoms with Gasteiger partial charge in [-0.25, -0.2) is 0 Å². The summed E-state index contributed by atoms with van der Waals surface area (Å²) in [7, 11) is 0. The highest BCUT2D eigenvalue weighted by molar-refractivity contribution is 6.08. The number of amides is 1. The average Bonchev–Trinajstić information content (AvgIpc) is 2.49. The van der Waals surface area contributed by atoms with E-state index in [0.717, 1.165) is 24.1 Å². The van der Waals surface area contributed by atoms with Crippen LogP contribution in [0.1, 0.15) is 27.9 Å². The first-order valence-electron chi connectivity index (χ1n) is 6.87. The highest BCUT2D eigenvalue weighted by Gasteiger charge is 2.25. The van der Waals surface area contributed by atoms with Crippen molar-refractivity contribution in [1.29, 1.82) is 0 Å². The SMILES string of the molecule is Cc1cccc(C(=O)N2CCCc3ccccc32)c1O. The molecule has 1 aliphatic rings. The average molecular weight is 267 g/mol. The van der Waals surface area contributed by atoms with Gasteiger partial charge in [0.25, 0.3) is 5.91 Å². The Balaban J connectivity index is 2.02. The van der Waals surface area contributed by atoms with Crippen LogP contribution in [0, 0.1) is 6.92 Å². The van der Waals surface area contributed by atoms with Gasteiger partial charge in [-0.2, -0.15) is 0 Å². The molecule has 0 saturated heterocycles. The third kappa shape index (κ3) is 2.05. The number of benzene rings is 2. The topological polar surface area (TPSA) is 40.5 Å². The molecule has 0 aliphatic carbocycles. The van der Waals surface area contributed by atoms with Gasteiger partial charge in [-0.1, -0.05) is 30.3 Å². The zero-order valence-corrected chi connectivity index (χ0v) is 11.5. The van der Waals surface area contributed by atoms with E-state index in [-0.39, 0.29) is 11.7 Å². The molecule has 0 aromatic heterocycles. The molecule has 1 N–H and O–H groups in total. The molecule has 0 radical (unpaired) electrons. The molecule has 0 atom stereocenters. The molecular formula is C17H17NO2. The van der Waals surface area contributed by atoms with Crippen molar-refractivity contribution in [1.82, 2.24) is 0 Å². The van der Waals surface area contributed by atoms with Gasteiger partial charge in [0.2, 0.25) is 0 Å². The van der Waals surface area contributed by atoms with E-state index in [1.54, 1.807) is 30.0 Å². The van der Waals surface area contributed by atoms with E-state index in [2.05, 4.69) is 6.07 Å². The van der Waals surface area contributed by atoms with Gasteiger partial charge in [0.15, 0.2) is 0 Å². The maximum atomic E-state index is 12.7. The highest BCUT2D eigenvalue weighted by Crippen LogP contribution is 2.30. The summed E-state index contributed by atoms with van der Waals surface area (Å²) >= 11 is 0. The molecule has 0 spiro atoms. The van der Waals surface area contributed by atoms with Crippen molar-refractivity contribution in [2.75, 3.05) is 11.4 Å². The van der Waals surface area contributed by atoms with Crippen LogP contribution in [-0.4, -0.2) is 17.6 Å². The third-order valence-corrected chi connectivity index (χ3v) is 3.82. The van der Waals surface area contributed by atoms with Crippen LogP contribution in [0.2, 0.25) is 0 Å². The van der Waals surface area contributed by atoms with Crippen LogP contribution >= 0.6 is 0 Å². The number of hydrogen-bond donors (Lipinski definition) is 1. The van der Waals surface area contributed by atoms with Crippen molar-refractivity contribution in [3.05, 3.63) is 59.2 Å². The summed E-state index contributed by atoms with van der Waals surface area (Å²) < 4.78 is 0. The zero-order valence-electron chi connectivity index (χ0n) is 11.5. The molecular weight excluding hydrogens is 250 g/mol. The minimum atomic E-state index is -0.127. The summed E-state index contributed by atoms with van der Waals surface area (Å²) in [6.07, 6.45) is 1.95. The van der Waals surface area contributed by atoms with Gasteiger partial charge in [-0.15, -0.1) is 0 Å². The molecule has 2 aromatic carbocycles. The van der Waals surface area contributed by atoms with Crippen LogP contribution in [0.5, 0.6) is 5.75 Å². The predicted molar refractivity (Wildman–Crippen MR) is 79.3 cm³/mol. The lowest BCUT2D eigenvalue weighted by Crippen LogP contribution is -2.35. The van der Waals surface area contributed by atoms with E-state index in [1.807, 2.05) is 18.2 Å². The van der Waals surface area contributed by atoms with Crippen molar-refractivity contribution < 1.29 is 9.90 Å². The number of phenolic OH excluding ortho intramolecular Hbond substituents is 1. The van der Waals surface area contributed by atoms with Gasteiger partial charge in [0.05, 0.1) is 5.56 Å². The minimum absolute atomic E-state index is 0.0838. The van der Waals surface area contributed by atoms with Crippen molar-refractivity contribution >= 4 is 11.6 Å². The fourth-order valence-corrected chi connectivity index (χ4v) is 2.72. The molecule has 2 aromatic rings. The summed E-state index contributed by atoms with van der Waals surface area (Å²) in [4.78, 5) is 14.5. The third-order valence-electron chi connectivity index (χ3n) is 3.82. The van der Waals surface area contributed by atoms with Crippen LogP contribution < -0.4 is 4.90 Å². The second kappa shape index (κ2) is 5.00. The number of carbonyl (C=O) groups is 1. The van der Waals surface area contributed by atoms with E-state index in [9.17, 15) is 9.90 Å². The van der Waals surface area contributed by atoms with Gasteiger partial charge in [-0.05, 0) is 43.0 Å². The Hall–Kier alpha value is -2.29. The largest absolute Gasteiger partial charge is 0.507 e. The molecule has 1 heterocycles. The number of anilines is 1. The number of phenols is 1. The van der Waals surface area contributed by atoms with Gasteiger partial charge in [0.1, 0.15) is 5.75 Å². The molecule has 3 nitrogen and oxygen atoms in total. The number of hydrogen-bond acceptors (Lipinski definition) is 2. The fraction of sp³-hybridized carbons (Fsp3) is 0.235. The Morgan fingerprint density at radius 2 is 1.95 bits per heavy atom. The maximum Gasteiger partial charge on any atom is 0.262 e. The molecule has 3 heteroatoms. The van der Waals surface area contributed by atoms with Gasteiger partial charge in [0, 0.05) is 12.2 Å². The quantitative estimate of drug-likeness (QED) is 0.861. The van der Waals surface area contributed by atoms with Crippen LogP contribution in [0.25, 0.3) is 0 Å². The molecule has 0 unspecified atom stereocenters. The Morgan fingerprint density at radius 1 is 1.15 bits per heavy atom. The van der Waals surface area contributed by atoms with Crippen LogP contribution in [-0.2, 0) is 6.42 Å². The summed E-state index contributed by atoms with van der Waals surface area (Å²) in [6.45, 7) is 2.50. The second-order valence-electron chi connectivity index (χ2n) is 5.16. The number of nitrogens with zero attached hydrogens (tertiary/aromatic N) is 1. The first kappa shape index (κ1) is 12.7. The van der Waals surface area contributed by atoms with Gasteiger partial charge in [-0.3, -0.25) is 4.79 Å². The second-order valence-corrected chi connectivity index (χ2v) is 5.16. The number of para-hydroxylation sites is 2. The summed E-state index contributed by atoms with van der Waals surface area (Å²) in [5.41, 5.74) is 3.26. The Bertz CT molecular complexity index is 664. The molecule has 0 saturated carbocycles. The van der Waals surface area contributed by atoms with Crippen molar-refractivity contribution in [3.63, 3.8) is 0 Å². The van der Waals surface area contributed by atoms with E-state index < -0.39 is 0 Å². The normalized spacial score (nSPS) is 13.9. The van der Waals surface area contributed by atoms with E-state index in [1.165, 1.54) is 5.56 Å². The molecule has 20 heavy (non-hydrogen) atoms. The number of aryl methyl sites for hydroxylation is 2. The summed E-state index contributed by atoms with van der Waals surface area (Å²) in [5.74, 6) is -0.0427. The highest BCUT2D eigenvalue weighted by atomic mass is 16.3. The predicted octanol–water partition coefficient (Wildman–Crippen LogP) is 3.29. The fourth-order valence-electron chi connectivity index (χ4n) is 2.72. The number of rotatable bonds is 1. The van der Waals surface area contributed by atoms with E-state index in [4.69, 9.17) is 0 Å². The van der Waals surface area contributed by atoms with Gasteiger partial charge >= 0.3 is 0 Å². The number of carbonyl (C=O) groups excluding carboxylic acids is 1. The molecule has 0 fully saturated rings. The monoisotopic (exact) mass is 267 g/mol. The first-order valence-corrected chi connectivity index (χ1v) is 6.87. The Labute approximate surface area is 118 Å². The number of fused-ring (bicyclic) bond motifs is 1. The Morgan fingerprint density at radius 3 is 2.80 bits per heavy atom.